The van der Waals surface area contributed by atoms with E-state index in [-0.39, 0.29) is 12.4 Å². The third-order valence-corrected chi connectivity index (χ3v) is 2.42. The smallest absolute Gasteiger partial charge is 0.0200 e. The fraction of sp³-hybridized carbons (Fsp3) is 0.778. The van der Waals surface area contributed by atoms with E-state index in [2.05, 4.69) is 5.92 Å². The highest BCUT2D eigenvalue weighted by Gasteiger charge is 2.17. The van der Waals surface area contributed by atoms with E-state index >= 15 is 0 Å². The molecular weight excluding hydrogens is 158 g/mol. The zero-order chi connectivity index (χ0) is 7.40. The van der Waals surface area contributed by atoms with Crippen molar-refractivity contribution < 1.29 is 0 Å². The molecule has 0 bridgehead atoms. The highest BCUT2D eigenvalue weighted by Crippen LogP contribution is 2.27. The minimum Gasteiger partial charge on any atom is -0.330 e. The van der Waals surface area contributed by atoms with Crippen molar-refractivity contribution in [2.24, 2.45) is 17.6 Å². The van der Waals surface area contributed by atoms with Crippen LogP contribution in [0.25, 0.3) is 0 Å². The second-order valence-electron chi connectivity index (χ2n) is 3.12. The van der Waals surface area contributed by atoms with E-state index in [0.717, 1.165) is 12.5 Å². The molecule has 11 heavy (non-hydrogen) atoms. The molecule has 0 spiro atoms. The van der Waals surface area contributed by atoms with Gasteiger partial charge in [-0.05, 0) is 38.1 Å². The summed E-state index contributed by atoms with van der Waals surface area (Å²) in [6, 6.07) is 0. The van der Waals surface area contributed by atoms with Gasteiger partial charge in [-0.2, -0.15) is 0 Å². The van der Waals surface area contributed by atoms with E-state index in [1.165, 1.54) is 25.7 Å². The second kappa shape index (κ2) is 5.46. The molecular formula is C9H16ClN. The fourth-order valence-electron chi connectivity index (χ4n) is 1.56. The van der Waals surface area contributed by atoms with Gasteiger partial charge < -0.3 is 5.73 Å². The highest BCUT2D eigenvalue weighted by atomic mass is 35.5. The Labute approximate surface area is 75.1 Å². The standard InChI is InChI=1S/C9H15N.ClH/c1-2-8-3-5-9(7-10)6-4-8;/h1,8-9H,3-7,10H2;1H. The molecule has 1 rings (SSSR count). The van der Waals surface area contributed by atoms with Crippen molar-refractivity contribution in [2.45, 2.75) is 25.7 Å². The first-order chi connectivity index (χ1) is 4.86. The highest BCUT2D eigenvalue weighted by molar-refractivity contribution is 5.85. The molecule has 64 valence electrons. The quantitative estimate of drug-likeness (QED) is 0.602. The largest absolute Gasteiger partial charge is 0.330 e. The average molecular weight is 174 g/mol. The van der Waals surface area contributed by atoms with Crippen molar-refractivity contribution in [2.75, 3.05) is 6.54 Å². The Balaban J connectivity index is 0.000001000. The molecule has 1 saturated carbocycles. The Morgan fingerprint density at radius 2 is 1.82 bits per heavy atom. The lowest BCUT2D eigenvalue weighted by Gasteiger charge is -2.23. The third kappa shape index (κ3) is 3.14. The van der Waals surface area contributed by atoms with E-state index < -0.39 is 0 Å². The maximum absolute atomic E-state index is 5.54. The van der Waals surface area contributed by atoms with Crippen molar-refractivity contribution >= 4 is 12.4 Å². The van der Waals surface area contributed by atoms with Crippen LogP contribution < -0.4 is 5.73 Å². The van der Waals surface area contributed by atoms with Gasteiger partial charge in [0.15, 0.2) is 0 Å². The van der Waals surface area contributed by atoms with E-state index in [4.69, 9.17) is 12.2 Å². The molecule has 0 aromatic carbocycles. The van der Waals surface area contributed by atoms with Crippen molar-refractivity contribution in [1.82, 2.24) is 0 Å². The molecule has 0 amide bonds. The summed E-state index contributed by atoms with van der Waals surface area (Å²) < 4.78 is 0. The first kappa shape index (κ1) is 10.8. The molecule has 0 aromatic heterocycles. The molecule has 0 aliphatic heterocycles. The van der Waals surface area contributed by atoms with Gasteiger partial charge >= 0.3 is 0 Å². The monoisotopic (exact) mass is 173 g/mol. The number of terminal acetylenes is 1. The van der Waals surface area contributed by atoms with Gasteiger partial charge in [0.05, 0.1) is 0 Å². The molecule has 0 saturated heterocycles. The lowest BCUT2D eigenvalue weighted by atomic mass is 9.83. The van der Waals surface area contributed by atoms with Gasteiger partial charge in [-0.1, -0.05) is 0 Å². The minimum absolute atomic E-state index is 0. The Morgan fingerprint density at radius 3 is 2.18 bits per heavy atom. The van der Waals surface area contributed by atoms with Gasteiger partial charge in [0, 0.05) is 5.92 Å². The summed E-state index contributed by atoms with van der Waals surface area (Å²) in [4.78, 5) is 0. The Hall–Kier alpha value is -0.190. The van der Waals surface area contributed by atoms with Crippen molar-refractivity contribution in [3.05, 3.63) is 0 Å². The van der Waals surface area contributed by atoms with Crippen LogP contribution in [0.3, 0.4) is 0 Å². The molecule has 2 heteroatoms. The average Bonchev–Trinajstić information content (AvgIpc) is 2.05. The molecule has 1 aliphatic carbocycles. The van der Waals surface area contributed by atoms with Gasteiger partial charge in [0.1, 0.15) is 0 Å². The summed E-state index contributed by atoms with van der Waals surface area (Å²) in [5, 5.41) is 0. The van der Waals surface area contributed by atoms with Crippen LogP contribution in [0.5, 0.6) is 0 Å². The lowest BCUT2D eigenvalue weighted by molar-refractivity contribution is 0.323. The Morgan fingerprint density at radius 1 is 1.27 bits per heavy atom. The van der Waals surface area contributed by atoms with Crippen molar-refractivity contribution in [1.29, 1.82) is 0 Å². The lowest BCUT2D eigenvalue weighted by Crippen LogP contribution is -2.20. The normalized spacial score (nSPS) is 30.2. The maximum Gasteiger partial charge on any atom is 0.0200 e. The molecule has 0 atom stereocenters. The van der Waals surface area contributed by atoms with Crippen LogP contribution in [0.2, 0.25) is 0 Å². The van der Waals surface area contributed by atoms with Crippen LogP contribution >= 0.6 is 12.4 Å². The number of hydrogen-bond donors (Lipinski definition) is 1. The molecule has 0 unspecified atom stereocenters. The molecule has 2 N–H and O–H groups in total. The first-order valence-electron chi connectivity index (χ1n) is 4.03. The topological polar surface area (TPSA) is 26.0 Å². The molecule has 0 radical (unpaired) electrons. The van der Waals surface area contributed by atoms with E-state index in [9.17, 15) is 0 Å². The van der Waals surface area contributed by atoms with Crippen LogP contribution in [0.15, 0.2) is 0 Å². The summed E-state index contributed by atoms with van der Waals surface area (Å²) in [6.45, 7) is 0.845. The third-order valence-electron chi connectivity index (χ3n) is 2.42. The summed E-state index contributed by atoms with van der Waals surface area (Å²) >= 11 is 0. The van der Waals surface area contributed by atoms with Crippen LogP contribution in [-0.4, -0.2) is 6.54 Å². The zero-order valence-corrected chi connectivity index (χ0v) is 7.57. The summed E-state index contributed by atoms with van der Waals surface area (Å²) in [6.07, 6.45) is 10.2. The number of nitrogens with two attached hydrogens (primary N) is 1. The van der Waals surface area contributed by atoms with E-state index in [1.807, 2.05) is 0 Å². The van der Waals surface area contributed by atoms with Gasteiger partial charge in [-0.15, -0.1) is 24.8 Å². The van der Waals surface area contributed by atoms with Crippen LogP contribution in [-0.2, 0) is 0 Å². The molecule has 1 aliphatic rings. The van der Waals surface area contributed by atoms with Crippen molar-refractivity contribution in [3.63, 3.8) is 0 Å². The minimum atomic E-state index is 0. The Bertz CT molecular complexity index is 131. The van der Waals surface area contributed by atoms with Gasteiger partial charge in [0.25, 0.3) is 0 Å². The van der Waals surface area contributed by atoms with Gasteiger partial charge in [-0.25, -0.2) is 0 Å². The molecule has 1 fully saturated rings. The summed E-state index contributed by atoms with van der Waals surface area (Å²) in [7, 11) is 0. The first-order valence-corrected chi connectivity index (χ1v) is 4.03. The number of hydrogen-bond acceptors (Lipinski definition) is 1. The predicted octanol–water partition coefficient (Wildman–Crippen LogP) is 1.81. The molecule has 1 nitrogen and oxygen atoms in total. The van der Waals surface area contributed by atoms with Crippen LogP contribution in [0, 0.1) is 24.2 Å². The summed E-state index contributed by atoms with van der Waals surface area (Å²) in [5.41, 5.74) is 5.54. The van der Waals surface area contributed by atoms with Crippen LogP contribution in [0.1, 0.15) is 25.7 Å². The molecule has 0 heterocycles. The maximum atomic E-state index is 5.54. The SMILES string of the molecule is C#CC1CCC(CN)CC1.Cl. The van der Waals surface area contributed by atoms with E-state index in [1.54, 1.807) is 0 Å². The Kier molecular flexibility index (Phi) is 5.36. The van der Waals surface area contributed by atoms with E-state index in [0.29, 0.717) is 5.92 Å². The van der Waals surface area contributed by atoms with Gasteiger partial charge in [0.2, 0.25) is 0 Å². The second-order valence-corrected chi connectivity index (χ2v) is 3.12. The summed E-state index contributed by atoms with van der Waals surface area (Å²) in [5.74, 6) is 4.11. The number of halogens is 1. The van der Waals surface area contributed by atoms with Crippen molar-refractivity contribution in [3.8, 4) is 12.3 Å². The zero-order valence-electron chi connectivity index (χ0n) is 6.75. The predicted molar refractivity (Wildman–Crippen MR) is 50.6 cm³/mol. The molecule has 0 aromatic rings. The van der Waals surface area contributed by atoms with Gasteiger partial charge in [-0.3, -0.25) is 0 Å². The fourth-order valence-corrected chi connectivity index (χ4v) is 1.56. The van der Waals surface area contributed by atoms with Crippen LogP contribution in [0.4, 0.5) is 0 Å². The number of rotatable bonds is 1.